The zero-order chi connectivity index (χ0) is 20.5. The van der Waals surface area contributed by atoms with Crippen LogP contribution in [0.15, 0.2) is 48.5 Å². The number of nitrogens with zero attached hydrogens (tertiary/aromatic N) is 1. The summed E-state index contributed by atoms with van der Waals surface area (Å²) in [6, 6.07) is 15.2. The van der Waals surface area contributed by atoms with Gasteiger partial charge in [-0.2, -0.15) is 0 Å². The summed E-state index contributed by atoms with van der Waals surface area (Å²) in [6.07, 6.45) is 0.680. The van der Waals surface area contributed by atoms with Crippen LogP contribution in [0, 0.1) is 13.8 Å². The molecule has 0 saturated heterocycles. The molecule has 0 spiro atoms. The highest BCUT2D eigenvalue weighted by molar-refractivity contribution is 5.87. The lowest BCUT2D eigenvalue weighted by molar-refractivity contribution is -0.141. The largest absolute Gasteiger partial charge is 0.483 e. The molecule has 5 nitrogen and oxygen atoms in total. The molecule has 5 heteroatoms. The number of ether oxygens (including phenoxy) is 1. The molecule has 2 amide bonds. The lowest BCUT2D eigenvalue weighted by Gasteiger charge is -2.28. The molecule has 0 saturated carbocycles. The molecule has 0 unspecified atom stereocenters. The van der Waals surface area contributed by atoms with Gasteiger partial charge in [-0.3, -0.25) is 9.59 Å². The molecule has 0 aliphatic rings. The number of nitrogens with one attached hydrogen (secondary N) is 1. The topological polar surface area (TPSA) is 58.6 Å². The summed E-state index contributed by atoms with van der Waals surface area (Å²) < 4.78 is 5.78. The second-order valence-electron chi connectivity index (χ2n) is 6.88. The highest BCUT2D eigenvalue weighted by Gasteiger charge is 2.25. The lowest BCUT2D eigenvalue weighted by Crippen LogP contribution is -2.50. The van der Waals surface area contributed by atoms with E-state index in [1.807, 2.05) is 69.3 Å². The van der Waals surface area contributed by atoms with Crippen LogP contribution in [0.2, 0.25) is 0 Å². The van der Waals surface area contributed by atoms with Crippen molar-refractivity contribution in [2.75, 3.05) is 19.7 Å². The van der Waals surface area contributed by atoms with Gasteiger partial charge in [0.05, 0.1) is 0 Å². The SMILES string of the molecule is CCNC(=O)[C@H](C)N(CCc1ccccc1)C(=O)COc1cccc(C)c1C. The van der Waals surface area contributed by atoms with Crippen molar-refractivity contribution in [3.8, 4) is 5.75 Å². The summed E-state index contributed by atoms with van der Waals surface area (Å²) in [5, 5.41) is 2.80. The van der Waals surface area contributed by atoms with Crippen molar-refractivity contribution in [3.05, 3.63) is 65.2 Å². The fraction of sp³-hybridized carbons (Fsp3) is 0.391. The normalized spacial score (nSPS) is 11.6. The first kappa shape index (κ1) is 21.5. The number of carbonyl (C=O) groups excluding carboxylic acids is 2. The minimum Gasteiger partial charge on any atom is -0.483 e. The Kier molecular flexibility index (Phi) is 8.05. The quantitative estimate of drug-likeness (QED) is 0.724. The van der Waals surface area contributed by atoms with Gasteiger partial charge in [-0.25, -0.2) is 0 Å². The molecule has 0 fully saturated rings. The fourth-order valence-corrected chi connectivity index (χ4v) is 2.99. The van der Waals surface area contributed by atoms with Crippen molar-refractivity contribution in [1.29, 1.82) is 0 Å². The molecule has 0 radical (unpaired) electrons. The minimum absolute atomic E-state index is 0.0944. The Bertz CT molecular complexity index is 790. The number of aryl methyl sites for hydroxylation is 1. The molecule has 0 aliphatic carbocycles. The second-order valence-corrected chi connectivity index (χ2v) is 6.88. The molecule has 2 aromatic carbocycles. The molecule has 0 heterocycles. The van der Waals surface area contributed by atoms with E-state index < -0.39 is 6.04 Å². The fourth-order valence-electron chi connectivity index (χ4n) is 2.99. The summed E-state index contributed by atoms with van der Waals surface area (Å²) in [7, 11) is 0. The molecule has 0 aliphatic heterocycles. The highest BCUT2D eigenvalue weighted by atomic mass is 16.5. The summed E-state index contributed by atoms with van der Waals surface area (Å²) >= 11 is 0. The zero-order valence-corrected chi connectivity index (χ0v) is 17.2. The van der Waals surface area contributed by atoms with Gasteiger partial charge in [0, 0.05) is 13.1 Å². The van der Waals surface area contributed by atoms with E-state index in [9.17, 15) is 9.59 Å². The summed E-state index contributed by atoms with van der Waals surface area (Å²) in [5.41, 5.74) is 3.25. The van der Waals surface area contributed by atoms with Crippen molar-refractivity contribution >= 4 is 11.8 Å². The van der Waals surface area contributed by atoms with E-state index in [4.69, 9.17) is 4.74 Å². The Morgan fingerprint density at radius 2 is 1.79 bits per heavy atom. The third-order valence-corrected chi connectivity index (χ3v) is 4.91. The van der Waals surface area contributed by atoms with Crippen molar-refractivity contribution < 1.29 is 14.3 Å². The third kappa shape index (κ3) is 5.84. The molecule has 2 rings (SSSR count). The van der Waals surface area contributed by atoms with E-state index in [-0.39, 0.29) is 18.4 Å². The summed E-state index contributed by atoms with van der Waals surface area (Å²) in [4.78, 5) is 26.8. The zero-order valence-electron chi connectivity index (χ0n) is 17.2. The number of hydrogen-bond donors (Lipinski definition) is 1. The number of hydrogen-bond acceptors (Lipinski definition) is 3. The van der Waals surface area contributed by atoms with E-state index in [0.29, 0.717) is 25.3 Å². The number of likely N-dealkylation sites (N-methyl/N-ethyl adjacent to an activating group) is 1. The van der Waals surface area contributed by atoms with Crippen LogP contribution in [-0.2, 0) is 16.0 Å². The van der Waals surface area contributed by atoms with E-state index in [2.05, 4.69) is 5.32 Å². The van der Waals surface area contributed by atoms with Gasteiger partial charge in [0.1, 0.15) is 11.8 Å². The minimum atomic E-state index is -0.557. The molecule has 1 atom stereocenters. The van der Waals surface area contributed by atoms with Crippen LogP contribution in [0.4, 0.5) is 0 Å². The Morgan fingerprint density at radius 1 is 1.07 bits per heavy atom. The van der Waals surface area contributed by atoms with E-state index in [1.165, 1.54) is 0 Å². The molecular weight excluding hydrogens is 352 g/mol. The predicted octanol–water partition coefficient (Wildman–Crippen LogP) is 3.28. The number of benzene rings is 2. The first-order chi connectivity index (χ1) is 13.4. The Hall–Kier alpha value is -2.82. The summed E-state index contributed by atoms with van der Waals surface area (Å²) in [6.45, 7) is 8.49. The van der Waals surface area contributed by atoms with E-state index in [1.54, 1.807) is 11.8 Å². The maximum Gasteiger partial charge on any atom is 0.261 e. The first-order valence-corrected chi connectivity index (χ1v) is 9.74. The molecule has 150 valence electrons. The van der Waals surface area contributed by atoms with Crippen molar-refractivity contribution in [1.82, 2.24) is 10.2 Å². The van der Waals surface area contributed by atoms with E-state index >= 15 is 0 Å². The second kappa shape index (κ2) is 10.5. The Balaban J connectivity index is 2.08. The molecular formula is C23H30N2O3. The molecule has 0 aromatic heterocycles. The van der Waals surface area contributed by atoms with Crippen LogP contribution in [0.1, 0.15) is 30.5 Å². The maximum absolute atomic E-state index is 12.9. The molecule has 0 bridgehead atoms. The van der Waals surface area contributed by atoms with Gasteiger partial charge in [0.2, 0.25) is 5.91 Å². The average Bonchev–Trinajstić information content (AvgIpc) is 2.70. The first-order valence-electron chi connectivity index (χ1n) is 9.74. The van der Waals surface area contributed by atoms with Gasteiger partial charge in [-0.1, -0.05) is 42.5 Å². The van der Waals surface area contributed by atoms with Gasteiger partial charge in [-0.15, -0.1) is 0 Å². The number of amides is 2. The smallest absolute Gasteiger partial charge is 0.261 e. The van der Waals surface area contributed by atoms with Gasteiger partial charge in [0.25, 0.3) is 5.91 Å². The summed E-state index contributed by atoms with van der Waals surface area (Å²) in [5.74, 6) is 0.341. The lowest BCUT2D eigenvalue weighted by atomic mass is 10.1. The molecule has 2 aromatic rings. The van der Waals surface area contributed by atoms with Gasteiger partial charge in [0.15, 0.2) is 6.61 Å². The van der Waals surface area contributed by atoms with Crippen LogP contribution in [-0.4, -0.2) is 42.5 Å². The van der Waals surface area contributed by atoms with E-state index in [0.717, 1.165) is 16.7 Å². The van der Waals surface area contributed by atoms with Crippen molar-refractivity contribution in [2.24, 2.45) is 0 Å². The molecule has 28 heavy (non-hydrogen) atoms. The average molecular weight is 383 g/mol. The van der Waals surface area contributed by atoms with Crippen LogP contribution in [0.3, 0.4) is 0 Å². The van der Waals surface area contributed by atoms with Gasteiger partial charge >= 0.3 is 0 Å². The Labute approximate surface area is 167 Å². The van der Waals surface area contributed by atoms with Crippen LogP contribution >= 0.6 is 0 Å². The highest BCUT2D eigenvalue weighted by Crippen LogP contribution is 2.20. The van der Waals surface area contributed by atoms with Gasteiger partial charge in [-0.05, 0) is 56.9 Å². The molecule has 1 N–H and O–H groups in total. The van der Waals surface area contributed by atoms with Crippen LogP contribution in [0.25, 0.3) is 0 Å². The predicted molar refractivity (Wildman–Crippen MR) is 111 cm³/mol. The van der Waals surface area contributed by atoms with Crippen LogP contribution in [0.5, 0.6) is 5.75 Å². The third-order valence-electron chi connectivity index (χ3n) is 4.91. The Morgan fingerprint density at radius 3 is 2.46 bits per heavy atom. The maximum atomic E-state index is 12.9. The van der Waals surface area contributed by atoms with Crippen molar-refractivity contribution in [3.63, 3.8) is 0 Å². The van der Waals surface area contributed by atoms with Crippen LogP contribution < -0.4 is 10.1 Å². The monoisotopic (exact) mass is 382 g/mol. The number of carbonyl (C=O) groups is 2. The van der Waals surface area contributed by atoms with Gasteiger partial charge < -0.3 is 15.0 Å². The standard InChI is InChI=1S/C23H30N2O3/c1-5-24-23(27)19(4)25(15-14-20-11-7-6-8-12-20)22(26)16-28-21-13-9-10-17(2)18(21)3/h6-13,19H,5,14-16H2,1-4H3,(H,24,27)/t19-/m0/s1. The number of rotatable bonds is 9. The van der Waals surface area contributed by atoms with Crippen molar-refractivity contribution in [2.45, 2.75) is 40.2 Å².